The predicted molar refractivity (Wildman–Crippen MR) is 426 cm³/mol. The Bertz CT molecular complexity index is 4390. The minimum atomic E-state index is 0. The van der Waals surface area contributed by atoms with Crippen molar-refractivity contribution < 1.29 is 73.3 Å². The van der Waals surface area contributed by atoms with Gasteiger partial charge in [0.25, 0.3) is 0 Å². The summed E-state index contributed by atoms with van der Waals surface area (Å²) in [6, 6.07) is 91.7. The van der Waals surface area contributed by atoms with Crippen molar-refractivity contribution in [3.63, 3.8) is 0 Å². The SMILES string of the molecule is CC(C)(C)c1[c-]c2c(cc1)-c1ccc(C(C)(C)C)cc1C2.CC(C)(C)c1[c-]c2c(cc1)-c1ccc(C(C)(C)C)cc1C2.[C-]1=CC=CC1.[C-]1=CC=CC1.[Cl-].[Cl-].[Zr+2]=[C](Cc1cccc2ccccc12)Cc1cccc2ccccc12.[Zr+2]=[C](Cc1cccc2ccccc12)Cc1cccc2ccccc12. The Hall–Kier alpha value is -7.27. The van der Waals surface area contributed by atoms with Gasteiger partial charge in [-0.15, -0.1) is 35.1 Å². The summed E-state index contributed by atoms with van der Waals surface area (Å²) in [5.74, 6) is 0. The molecule has 0 N–H and O–H groups in total. The Kier molecular flexibility index (Phi) is 27.4. The Morgan fingerprint density at radius 1 is 0.324 bits per heavy atom. The van der Waals surface area contributed by atoms with E-state index in [4.69, 9.17) is 0 Å². The van der Waals surface area contributed by atoms with Crippen molar-refractivity contribution in [2.75, 3.05) is 0 Å². The van der Waals surface area contributed by atoms with Gasteiger partial charge in [0.1, 0.15) is 0 Å². The first-order valence-electron chi connectivity index (χ1n) is 35.8. The molecule has 0 heterocycles. The molecule has 0 saturated heterocycles. The van der Waals surface area contributed by atoms with Gasteiger partial charge in [-0.05, 0) is 56.8 Å². The topological polar surface area (TPSA) is 0 Å². The van der Waals surface area contributed by atoms with E-state index in [1.807, 2.05) is 24.3 Å². The van der Waals surface area contributed by atoms with Gasteiger partial charge in [-0.2, -0.15) is 59.7 Å². The second-order valence-electron chi connectivity index (χ2n) is 31.1. The first-order chi connectivity index (χ1) is 47.9. The van der Waals surface area contributed by atoms with Crippen molar-refractivity contribution in [2.24, 2.45) is 0 Å². The number of rotatable bonds is 8. The van der Waals surface area contributed by atoms with E-state index in [0.29, 0.717) is 0 Å². The third-order valence-electron chi connectivity index (χ3n) is 19.2. The van der Waals surface area contributed by atoms with Gasteiger partial charge in [-0.25, -0.2) is 24.3 Å². The molecule has 0 radical (unpaired) electrons. The Labute approximate surface area is 653 Å². The van der Waals surface area contributed by atoms with Crippen LogP contribution in [0.2, 0.25) is 0 Å². The summed E-state index contributed by atoms with van der Waals surface area (Å²) in [6.07, 6.45) is 26.3. The van der Waals surface area contributed by atoms with E-state index in [1.165, 1.54) is 181 Å². The van der Waals surface area contributed by atoms with Crippen LogP contribution in [0.5, 0.6) is 0 Å². The van der Waals surface area contributed by atoms with Crippen LogP contribution in [-0.2, 0) is 109 Å². The van der Waals surface area contributed by atoms with E-state index in [0.717, 1.165) is 51.4 Å². The second kappa shape index (κ2) is 35.5. The fourth-order valence-electron chi connectivity index (χ4n) is 13.6. The molecule has 0 aliphatic heterocycles. The number of halogens is 2. The quantitative estimate of drug-likeness (QED) is 0.133. The summed E-state index contributed by atoms with van der Waals surface area (Å²) < 4.78 is 3.19. The normalized spacial score (nSPS) is 12.7. The molecule has 4 heteroatoms. The van der Waals surface area contributed by atoms with E-state index >= 15 is 0 Å². The molecule has 12 aromatic carbocycles. The van der Waals surface area contributed by atoms with E-state index in [9.17, 15) is 0 Å². The monoisotopic (exact) mass is 1520 g/mol. The minimum absolute atomic E-state index is 0. The Morgan fingerprint density at radius 2 is 0.608 bits per heavy atom. The summed E-state index contributed by atoms with van der Waals surface area (Å²) in [6.45, 7) is 27.2. The van der Waals surface area contributed by atoms with Crippen LogP contribution >= 0.6 is 0 Å². The van der Waals surface area contributed by atoms with Gasteiger partial charge in [0.15, 0.2) is 0 Å². The molecular weight excluding hydrogens is 1430 g/mol. The molecule has 0 amide bonds. The van der Waals surface area contributed by atoms with Crippen molar-refractivity contribution in [3.8, 4) is 22.3 Å². The zero-order chi connectivity index (χ0) is 70.6. The van der Waals surface area contributed by atoms with Crippen LogP contribution in [0.25, 0.3) is 65.3 Å². The molecule has 12 aromatic rings. The van der Waals surface area contributed by atoms with Crippen molar-refractivity contribution >= 4 is 49.5 Å². The van der Waals surface area contributed by atoms with Crippen molar-refractivity contribution in [2.45, 2.75) is 156 Å². The first kappa shape index (κ1) is 78.9. The number of hydrogen-bond acceptors (Lipinski definition) is 0. The van der Waals surface area contributed by atoms with Crippen molar-refractivity contribution in [3.05, 3.63) is 358 Å². The van der Waals surface area contributed by atoms with Gasteiger partial charge in [0.05, 0.1) is 0 Å². The fourth-order valence-corrected chi connectivity index (χ4v) is 15.4. The number of fused-ring (bicyclic) bond motifs is 10. The molecule has 16 rings (SSSR count). The second-order valence-corrected chi connectivity index (χ2v) is 34.6. The van der Waals surface area contributed by atoms with E-state index in [1.54, 1.807) is 6.41 Å². The van der Waals surface area contributed by atoms with Gasteiger partial charge >= 0.3 is 316 Å². The molecule has 102 heavy (non-hydrogen) atoms. The van der Waals surface area contributed by atoms with Gasteiger partial charge in [-0.1, -0.05) is 131 Å². The molecular formula is C98H96Cl2Zr2-2. The zero-order valence-corrected chi connectivity index (χ0v) is 68.2. The standard InChI is InChI=1S/2C23H18.2C21H25.2C5H5.2ClH.2Zr/c2*1-3-16-22-18(8-1)10-5-12-20(22)14-7-15-21-13-6-11-19-9-2-4-17-23(19)21;2*1-20(2,3)16-7-9-18-14(12-16)11-15-13-17(21(4,5)6)8-10-19(15)18;2*1-2-4-5-3-1;;;;/h2*1-6,8-13,16-17H,14-15H2;2*7-10,12H,11H2,1-6H3;2*1-3H,4H2;2*1H;;/q;;4*-1;;;2*+2/p-2. The molecule has 4 aliphatic carbocycles. The van der Waals surface area contributed by atoms with Crippen LogP contribution < -0.4 is 24.8 Å². The average molecular weight is 1530 g/mol. The molecule has 0 atom stereocenters. The molecule has 0 saturated carbocycles. The summed E-state index contributed by atoms with van der Waals surface area (Å²) in [5.41, 5.74) is 23.2. The molecule has 0 fully saturated rings. The number of allylic oxidation sites excluding steroid dienone is 8. The van der Waals surface area contributed by atoms with Crippen LogP contribution in [-0.4, -0.2) is 6.41 Å². The van der Waals surface area contributed by atoms with Crippen LogP contribution in [0.15, 0.2) is 267 Å². The van der Waals surface area contributed by atoms with Crippen molar-refractivity contribution in [1.29, 1.82) is 0 Å². The third-order valence-corrected chi connectivity index (χ3v) is 21.0. The van der Waals surface area contributed by atoms with E-state index in [2.05, 4.69) is 350 Å². The molecule has 0 spiro atoms. The van der Waals surface area contributed by atoms with Gasteiger partial charge < -0.3 is 24.8 Å². The van der Waals surface area contributed by atoms with Crippen LogP contribution in [0.3, 0.4) is 0 Å². The summed E-state index contributed by atoms with van der Waals surface area (Å²) in [5, 5.41) is 10.9. The van der Waals surface area contributed by atoms with Gasteiger partial charge in [-0.3, -0.25) is 12.2 Å². The first-order valence-corrected chi connectivity index (χ1v) is 38.2. The summed E-state index contributed by atoms with van der Waals surface area (Å²) >= 11 is 3.07. The molecule has 0 aromatic heterocycles. The van der Waals surface area contributed by atoms with Crippen LogP contribution in [0, 0.1) is 24.3 Å². The third kappa shape index (κ3) is 20.6. The molecule has 0 bridgehead atoms. The Morgan fingerprint density at radius 3 is 0.863 bits per heavy atom. The average Bonchev–Trinajstić information content (AvgIpc) is 1.62. The Balaban J connectivity index is 0.000000150. The zero-order valence-electron chi connectivity index (χ0n) is 61.8. The number of benzene rings is 12. The molecule has 512 valence electrons. The van der Waals surface area contributed by atoms with Crippen LogP contribution in [0.1, 0.15) is 163 Å². The van der Waals surface area contributed by atoms with Gasteiger partial charge in [0, 0.05) is 0 Å². The summed E-state index contributed by atoms with van der Waals surface area (Å²) in [7, 11) is 0. The van der Waals surface area contributed by atoms with Gasteiger partial charge in [0.2, 0.25) is 0 Å². The molecule has 4 aliphatic rings. The van der Waals surface area contributed by atoms with Crippen molar-refractivity contribution in [1.82, 2.24) is 0 Å². The number of hydrogen-bond donors (Lipinski definition) is 0. The maximum atomic E-state index is 3.67. The molecule has 0 nitrogen and oxygen atoms in total. The fraction of sp³-hybridized carbons (Fsp3) is 0.245. The van der Waals surface area contributed by atoms with Crippen LogP contribution in [0.4, 0.5) is 0 Å². The van der Waals surface area contributed by atoms with E-state index in [-0.39, 0.29) is 46.5 Å². The maximum absolute atomic E-state index is 3.67. The summed E-state index contributed by atoms with van der Waals surface area (Å²) in [4.78, 5) is 0. The predicted octanol–water partition coefficient (Wildman–Crippen LogP) is 18.9. The molecule has 0 unspecified atom stereocenters. The van der Waals surface area contributed by atoms with E-state index < -0.39 is 0 Å².